The molecule has 0 radical (unpaired) electrons. The summed E-state index contributed by atoms with van der Waals surface area (Å²) in [4.78, 5) is 0. The maximum Gasteiger partial charge on any atom is 0.0662 e. The summed E-state index contributed by atoms with van der Waals surface area (Å²) in [6.07, 6.45) is 5.97. The third kappa shape index (κ3) is 0.894. The summed E-state index contributed by atoms with van der Waals surface area (Å²) in [5.41, 5.74) is 1.58. The van der Waals surface area contributed by atoms with Crippen LogP contribution in [0.5, 0.6) is 0 Å². The third-order valence-corrected chi connectivity index (χ3v) is 3.14. The van der Waals surface area contributed by atoms with E-state index in [1.54, 1.807) is 5.57 Å². The Morgan fingerprint density at radius 3 is 3.18 bits per heavy atom. The van der Waals surface area contributed by atoms with Crippen LogP contribution >= 0.6 is 0 Å². The van der Waals surface area contributed by atoms with Gasteiger partial charge < -0.3 is 0 Å². The summed E-state index contributed by atoms with van der Waals surface area (Å²) in [6.45, 7) is 2.21. The molecule has 2 aliphatic carbocycles. The van der Waals surface area contributed by atoms with Crippen molar-refractivity contribution in [2.45, 2.75) is 26.2 Å². The summed E-state index contributed by atoms with van der Waals surface area (Å²) in [7, 11) is 0. The molecule has 0 amide bonds. The first-order valence-corrected chi connectivity index (χ1v) is 4.44. The molecule has 0 saturated heterocycles. The molecular formula is C10H13N. The highest BCUT2D eigenvalue weighted by atomic mass is 14.5. The molecule has 0 aliphatic heterocycles. The van der Waals surface area contributed by atoms with Crippen LogP contribution < -0.4 is 0 Å². The Labute approximate surface area is 67.7 Å². The van der Waals surface area contributed by atoms with Crippen molar-refractivity contribution in [3.8, 4) is 6.07 Å². The monoisotopic (exact) mass is 147 g/mol. The summed E-state index contributed by atoms with van der Waals surface area (Å²) in [5.74, 6) is 1.83. The molecule has 0 unspecified atom stereocenters. The molecule has 0 aromatic rings. The van der Waals surface area contributed by atoms with Gasteiger partial charge in [0, 0.05) is 0 Å². The second-order valence-corrected chi connectivity index (χ2v) is 3.69. The van der Waals surface area contributed by atoms with Crippen molar-refractivity contribution < 1.29 is 0 Å². The standard InChI is InChI=1S/C10H13N/c1-2-7-3-8-5-9(6-11)10(8)4-7/h4,8-10H,2-3,5H2,1H3/t8-,9+,10+/m0/s1. The fourth-order valence-electron chi connectivity index (χ4n) is 2.32. The Balaban J connectivity index is 2.06. The van der Waals surface area contributed by atoms with E-state index in [-0.39, 0.29) is 0 Å². The predicted molar refractivity (Wildman–Crippen MR) is 43.7 cm³/mol. The van der Waals surface area contributed by atoms with E-state index in [0.717, 1.165) is 12.3 Å². The van der Waals surface area contributed by atoms with Crippen LogP contribution in [0.15, 0.2) is 11.6 Å². The molecule has 2 rings (SSSR count). The van der Waals surface area contributed by atoms with Gasteiger partial charge >= 0.3 is 0 Å². The quantitative estimate of drug-likeness (QED) is 0.523. The minimum Gasteiger partial charge on any atom is -0.198 e. The van der Waals surface area contributed by atoms with Gasteiger partial charge in [-0.2, -0.15) is 5.26 Å². The summed E-state index contributed by atoms with van der Waals surface area (Å²) < 4.78 is 0. The van der Waals surface area contributed by atoms with Crippen LogP contribution in [0.2, 0.25) is 0 Å². The molecule has 1 nitrogen and oxygen atoms in total. The van der Waals surface area contributed by atoms with Crippen molar-refractivity contribution in [1.82, 2.24) is 0 Å². The van der Waals surface area contributed by atoms with Crippen LogP contribution in [0.3, 0.4) is 0 Å². The lowest BCUT2D eigenvalue weighted by Crippen LogP contribution is -2.31. The first-order chi connectivity index (χ1) is 5.35. The molecule has 3 atom stereocenters. The molecule has 0 heterocycles. The molecule has 1 heteroatoms. The number of nitrogens with zero attached hydrogens (tertiary/aromatic N) is 1. The van der Waals surface area contributed by atoms with Gasteiger partial charge in [-0.05, 0) is 31.1 Å². The lowest BCUT2D eigenvalue weighted by atomic mass is 9.67. The molecule has 0 bridgehead atoms. The first kappa shape index (κ1) is 6.91. The minimum absolute atomic E-state index is 0.351. The average Bonchev–Trinajstić information content (AvgIpc) is 2.31. The van der Waals surface area contributed by atoms with Crippen LogP contribution in [0.25, 0.3) is 0 Å². The second-order valence-electron chi connectivity index (χ2n) is 3.69. The number of nitriles is 1. The van der Waals surface area contributed by atoms with Crippen molar-refractivity contribution >= 4 is 0 Å². The van der Waals surface area contributed by atoms with Gasteiger partial charge in [0.25, 0.3) is 0 Å². The predicted octanol–water partition coefficient (Wildman–Crippen LogP) is 2.50. The van der Waals surface area contributed by atoms with Gasteiger partial charge in [0.15, 0.2) is 0 Å². The van der Waals surface area contributed by atoms with Crippen molar-refractivity contribution in [1.29, 1.82) is 5.26 Å². The minimum atomic E-state index is 0.351. The Kier molecular flexibility index (Phi) is 1.49. The molecule has 0 aromatic carbocycles. The molecule has 11 heavy (non-hydrogen) atoms. The van der Waals surface area contributed by atoms with E-state index in [1.165, 1.54) is 12.8 Å². The van der Waals surface area contributed by atoms with Crippen molar-refractivity contribution in [3.05, 3.63) is 11.6 Å². The average molecular weight is 147 g/mol. The summed E-state index contributed by atoms with van der Waals surface area (Å²) in [5, 5.41) is 8.71. The molecule has 2 aliphatic rings. The molecular weight excluding hydrogens is 134 g/mol. The van der Waals surface area contributed by atoms with E-state index in [2.05, 4.69) is 19.1 Å². The Bertz CT molecular complexity index is 234. The molecule has 1 saturated carbocycles. The van der Waals surface area contributed by atoms with Gasteiger partial charge in [-0.3, -0.25) is 0 Å². The number of allylic oxidation sites excluding steroid dienone is 2. The fourth-order valence-corrected chi connectivity index (χ4v) is 2.32. The number of hydrogen-bond acceptors (Lipinski definition) is 1. The molecule has 0 aromatic heterocycles. The third-order valence-electron chi connectivity index (χ3n) is 3.14. The number of rotatable bonds is 1. The van der Waals surface area contributed by atoms with Crippen molar-refractivity contribution in [3.63, 3.8) is 0 Å². The van der Waals surface area contributed by atoms with Crippen molar-refractivity contribution in [2.75, 3.05) is 0 Å². The van der Waals surface area contributed by atoms with Crippen LogP contribution in [0, 0.1) is 29.1 Å². The molecule has 0 spiro atoms. The zero-order chi connectivity index (χ0) is 7.84. The Morgan fingerprint density at radius 2 is 2.55 bits per heavy atom. The van der Waals surface area contributed by atoms with Crippen LogP contribution in [0.1, 0.15) is 26.2 Å². The molecule has 58 valence electrons. The molecule has 1 fully saturated rings. The Hall–Kier alpha value is -0.770. The number of fused-ring (bicyclic) bond motifs is 1. The van der Waals surface area contributed by atoms with E-state index in [1.807, 2.05) is 0 Å². The van der Waals surface area contributed by atoms with Gasteiger partial charge in [-0.15, -0.1) is 0 Å². The maximum absolute atomic E-state index is 8.71. The van der Waals surface area contributed by atoms with Gasteiger partial charge in [0.2, 0.25) is 0 Å². The van der Waals surface area contributed by atoms with Crippen molar-refractivity contribution in [2.24, 2.45) is 17.8 Å². The first-order valence-electron chi connectivity index (χ1n) is 4.44. The highest BCUT2D eigenvalue weighted by Gasteiger charge is 2.42. The van der Waals surface area contributed by atoms with E-state index in [4.69, 9.17) is 5.26 Å². The summed E-state index contributed by atoms with van der Waals surface area (Å²) >= 11 is 0. The fraction of sp³-hybridized carbons (Fsp3) is 0.700. The zero-order valence-corrected chi connectivity index (χ0v) is 6.88. The molecule has 0 N–H and O–H groups in total. The summed E-state index contributed by atoms with van der Waals surface area (Å²) in [6, 6.07) is 2.37. The number of hydrogen-bond donors (Lipinski definition) is 0. The SMILES string of the molecule is CCC1=C[C@@H]2[C@@H](C1)C[C@@H]2C#N. The van der Waals surface area contributed by atoms with Crippen LogP contribution in [0.4, 0.5) is 0 Å². The zero-order valence-electron chi connectivity index (χ0n) is 6.88. The van der Waals surface area contributed by atoms with Crippen LogP contribution in [-0.4, -0.2) is 0 Å². The van der Waals surface area contributed by atoms with E-state index >= 15 is 0 Å². The largest absolute Gasteiger partial charge is 0.198 e. The lowest BCUT2D eigenvalue weighted by Gasteiger charge is -2.35. The van der Waals surface area contributed by atoms with E-state index in [9.17, 15) is 0 Å². The smallest absolute Gasteiger partial charge is 0.0662 e. The van der Waals surface area contributed by atoms with Crippen LogP contribution in [-0.2, 0) is 0 Å². The highest BCUT2D eigenvalue weighted by molar-refractivity contribution is 5.22. The maximum atomic E-state index is 8.71. The highest BCUT2D eigenvalue weighted by Crippen LogP contribution is 2.49. The van der Waals surface area contributed by atoms with Gasteiger partial charge in [-0.1, -0.05) is 18.6 Å². The van der Waals surface area contributed by atoms with E-state index < -0.39 is 0 Å². The van der Waals surface area contributed by atoms with Gasteiger partial charge in [0.05, 0.1) is 12.0 Å². The topological polar surface area (TPSA) is 23.8 Å². The van der Waals surface area contributed by atoms with Gasteiger partial charge in [0.1, 0.15) is 0 Å². The second kappa shape index (κ2) is 2.37. The Morgan fingerprint density at radius 1 is 1.73 bits per heavy atom. The lowest BCUT2D eigenvalue weighted by molar-refractivity contribution is 0.179. The van der Waals surface area contributed by atoms with E-state index in [0.29, 0.717) is 11.8 Å². The normalized spacial score (nSPS) is 40.4. The van der Waals surface area contributed by atoms with Gasteiger partial charge in [-0.25, -0.2) is 0 Å².